The standard InChI is InChI=1S/C14H12ClN3O/c1-18-9-16-13-11(18)7-12(15)17-14(13)19-8-10-5-3-2-4-6-10/h2-7,9H,8H2,1H3. The van der Waals surface area contributed by atoms with E-state index >= 15 is 0 Å². The first-order valence-corrected chi connectivity index (χ1v) is 6.26. The molecule has 3 aromatic rings. The number of halogens is 1. The molecule has 2 heterocycles. The predicted octanol–water partition coefficient (Wildman–Crippen LogP) is 3.20. The number of fused-ring (bicyclic) bond motifs is 1. The Labute approximate surface area is 115 Å². The Kier molecular flexibility index (Phi) is 3.09. The molecule has 0 aliphatic carbocycles. The molecule has 0 unspecified atom stereocenters. The van der Waals surface area contributed by atoms with Crippen LogP contribution in [0.2, 0.25) is 5.15 Å². The fourth-order valence-corrected chi connectivity index (χ4v) is 2.08. The summed E-state index contributed by atoms with van der Waals surface area (Å²) in [7, 11) is 1.91. The van der Waals surface area contributed by atoms with Crippen molar-refractivity contribution in [3.8, 4) is 5.88 Å². The molecule has 0 aliphatic rings. The zero-order valence-corrected chi connectivity index (χ0v) is 11.1. The van der Waals surface area contributed by atoms with E-state index in [1.807, 2.05) is 41.9 Å². The SMILES string of the molecule is Cn1cnc2c(OCc3ccccc3)nc(Cl)cc21. The molecule has 0 spiro atoms. The first kappa shape index (κ1) is 12.0. The lowest BCUT2D eigenvalue weighted by molar-refractivity contribution is 0.297. The minimum atomic E-state index is 0.402. The van der Waals surface area contributed by atoms with Crippen molar-refractivity contribution >= 4 is 22.6 Å². The largest absolute Gasteiger partial charge is 0.471 e. The molecular formula is C14H12ClN3O. The number of rotatable bonds is 3. The minimum absolute atomic E-state index is 0.402. The molecule has 0 atom stereocenters. The molecule has 0 saturated heterocycles. The van der Waals surface area contributed by atoms with E-state index in [1.54, 1.807) is 12.4 Å². The summed E-state index contributed by atoms with van der Waals surface area (Å²) in [6, 6.07) is 11.7. The highest BCUT2D eigenvalue weighted by Gasteiger charge is 2.10. The predicted molar refractivity (Wildman–Crippen MR) is 74.3 cm³/mol. The average Bonchev–Trinajstić information content (AvgIpc) is 2.79. The molecule has 3 rings (SSSR count). The van der Waals surface area contributed by atoms with Gasteiger partial charge in [0.15, 0.2) is 5.52 Å². The van der Waals surface area contributed by atoms with Crippen LogP contribution in [-0.4, -0.2) is 14.5 Å². The number of nitrogens with zero attached hydrogens (tertiary/aromatic N) is 3. The van der Waals surface area contributed by atoms with E-state index in [9.17, 15) is 0 Å². The molecule has 0 fully saturated rings. The topological polar surface area (TPSA) is 39.9 Å². The van der Waals surface area contributed by atoms with Crippen LogP contribution in [0.4, 0.5) is 0 Å². The second-order valence-electron chi connectivity index (χ2n) is 4.25. The van der Waals surface area contributed by atoms with Crippen molar-refractivity contribution in [3.05, 3.63) is 53.4 Å². The number of imidazole rings is 1. The third-order valence-corrected chi connectivity index (χ3v) is 3.06. The van der Waals surface area contributed by atoms with Crippen LogP contribution in [0.3, 0.4) is 0 Å². The molecule has 0 aliphatic heterocycles. The van der Waals surface area contributed by atoms with Gasteiger partial charge in [-0.2, -0.15) is 4.98 Å². The highest BCUT2D eigenvalue weighted by Crippen LogP contribution is 2.25. The molecular weight excluding hydrogens is 262 g/mol. The van der Waals surface area contributed by atoms with Gasteiger partial charge in [0.1, 0.15) is 11.8 Å². The van der Waals surface area contributed by atoms with Crippen LogP contribution < -0.4 is 4.74 Å². The van der Waals surface area contributed by atoms with E-state index in [4.69, 9.17) is 16.3 Å². The Morgan fingerprint density at radius 1 is 1.26 bits per heavy atom. The normalized spacial score (nSPS) is 10.8. The third kappa shape index (κ3) is 2.39. The van der Waals surface area contributed by atoms with E-state index in [1.165, 1.54) is 0 Å². The zero-order chi connectivity index (χ0) is 13.2. The fourth-order valence-electron chi connectivity index (χ4n) is 1.90. The van der Waals surface area contributed by atoms with Crippen LogP contribution in [0.1, 0.15) is 5.56 Å². The Bertz CT molecular complexity index is 709. The van der Waals surface area contributed by atoms with Crippen LogP contribution in [0.25, 0.3) is 11.0 Å². The van der Waals surface area contributed by atoms with Gasteiger partial charge in [-0.1, -0.05) is 41.9 Å². The van der Waals surface area contributed by atoms with Crippen LogP contribution in [0.15, 0.2) is 42.7 Å². The number of aromatic nitrogens is 3. The van der Waals surface area contributed by atoms with Crippen molar-refractivity contribution in [1.29, 1.82) is 0 Å². The fraction of sp³-hybridized carbons (Fsp3) is 0.143. The quantitative estimate of drug-likeness (QED) is 0.688. The van der Waals surface area contributed by atoms with Crippen LogP contribution in [-0.2, 0) is 13.7 Å². The number of aryl methyl sites for hydroxylation is 1. The summed E-state index contributed by atoms with van der Waals surface area (Å²) in [5.74, 6) is 0.465. The molecule has 2 aromatic heterocycles. The Balaban J connectivity index is 1.92. The van der Waals surface area contributed by atoms with Gasteiger partial charge >= 0.3 is 0 Å². The summed E-state index contributed by atoms with van der Waals surface area (Å²) in [6.45, 7) is 0.444. The highest BCUT2D eigenvalue weighted by atomic mass is 35.5. The Morgan fingerprint density at radius 2 is 2.05 bits per heavy atom. The summed E-state index contributed by atoms with van der Waals surface area (Å²) in [6.07, 6.45) is 1.72. The van der Waals surface area contributed by atoms with Crippen LogP contribution >= 0.6 is 11.6 Å². The van der Waals surface area contributed by atoms with Crippen molar-refractivity contribution in [1.82, 2.24) is 14.5 Å². The minimum Gasteiger partial charge on any atom is -0.471 e. The van der Waals surface area contributed by atoms with E-state index in [2.05, 4.69) is 9.97 Å². The van der Waals surface area contributed by atoms with Gasteiger partial charge in [0.25, 0.3) is 0 Å². The molecule has 0 saturated carbocycles. The van der Waals surface area contributed by atoms with Gasteiger partial charge in [0.05, 0.1) is 11.8 Å². The molecule has 4 nitrogen and oxygen atoms in total. The van der Waals surface area contributed by atoms with Gasteiger partial charge in [-0.15, -0.1) is 0 Å². The Morgan fingerprint density at radius 3 is 2.84 bits per heavy atom. The van der Waals surface area contributed by atoms with E-state index in [0.717, 1.165) is 16.6 Å². The summed E-state index contributed by atoms with van der Waals surface area (Å²) in [4.78, 5) is 8.49. The number of hydrogen-bond donors (Lipinski definition) is 0. The summed E-state index contributed by atoms with van der Waals surface area (Å²) < 4.78 is 7.62. The van der Waals surface area contributed by atoms with Crippen molar-refractivity contribution in [2.75, 3.05) is 0 Å². The average molecular weight is 274 g/mol. The van der Waals surface area contributed by atoms with Gasteiger partial charge in [0, 0.05) is 13.1 Å². The molecule has 0 amide bonds. The van der Waals surface area contributed by atoms with Crippen molar-refractivity contribution in [3.63, 3.8) is 0 Å². The number of hydrogen-bond acceptors (Lipinski definition) is 3. The molecule has 0 N–H and O–H groups in total. The van der Waals surface area contributed by atoms with Gasteiger partial charge < -0.3 is 9.30 Å². The highest BCUT2D eigenvalue weighted by molar-refractivity contribution is 6.30. The molecule has 1 aromatic carbocycles. The smallest absolute Gasteiger partial charge is 0.243 e. The van der Waals surface area contributed by atoms with Crippen molar-refractivity contribution in [2.24, 2.45) is 7.05 Å². The lowest BCUT2D eigenvalue weighted by Gasteiger charge is -2.06. The maximum atomic E-state index is 6.00. The van der Waals surface area contributed by atoms with Crippen LogP contribution in [0.5, 0.6) is 5.88 Å². The number of pyridine rings is 1. The van der Waals surface area contributed by atoms with E-state index < -0.39 is 0 Å². The molecule has 5 heteroatoms. The van der Waals surface area contributed by atoms with Crippen molar-refractivity contribution in [2.45, 2.75) is 6.61 Å². The summed E-state index contributed by atoms with van der Waals surface area (Å²) >= 11 is 6.00. The maximum Gasteiger partial charge on any atom is 0.243 e. The third-order valence-electron chi connectivity index (χ3n) is 2.87. The molecule has 96 valence electrons. The lowest BCUT2D eigenvalue weighted by atomic mass is 10.2. The molecule has 19 heavy (non-hydrogen) atoms. The zero-order valence-electron chi connectivity index (χ0n) is 10.4. The Hall–Kier alpha value is -2.07. The maximum absolute atomic E-state index is 6.00. The van der Waals surface area contributed by atoms with Crippen molar-refractivity contribution < 1.29 is 4.74 Å². The summed E-state index contributed by atoms with van der Waals surface area (Å²) in [5, 5.41) is 0.402. The van der Waals surface area contributed by atoms with Gasteiger partial charge in [-0.25, -0.2) is 4.98 Å². The second kappa shape index (κ2) is 4.90. The van der Waals surface area contributed by atoms with Crippen LogP contribution in [0, 0.1) is 0 Å². The molecule has 0 radical (unpaired) electrons. The lowest BCUT2D eigenvalue weighted by Crippen LogP contribution is -1.98. The number of benzene rings is 1. The van der Waals surface area contributed by atoms with E-state index in [0.29, 0.717) is 17.6 Å². The monoisotopic (exact) mass is 273 g/mol. The summed E-state index contributed by atoms with van der Waals surface area (Å²) in [5.41, 5.74) is 2.71. The van der Waals surface area contributed by atoms with Gasteiger partial charge in [0.2, 0.25) is 5.88 Å². The molecule has 0 bridgehead atoms. The van der Waals surface area contributed by atoms with Gasteiger partial charge in [-0.05, 0) is 5.56 Å². The first-order chi connectivity index (χ1) is 9.24. The van der Waals surface area contributed by atoms with Gasteiger partial charge in [-0.3, -0.25) is 0 Å². The number of ether oxygens (including phenoxy) is 1. The second-order valence-corrected chi connectivity index (χ2v) is 4.63. The first-order valence-electron chi connectivity index (χ1n) is 5.88. The van der Waals surface area contributed by atoms with E-state index in [-0.39, 0.29) is 0 Å².